The van der Waals surface area contributed by atoms with Gasteiger partial charge in [0.15, 0.2) is 0 Å². The molecule has 1 aromatic heterocycles. The monoisotopic (exact) mass is 270 g/mol. The van der Waals surface area contributed by atoms with Crippen molar-refractivity contribution in [1.29, 1.82) is 0 Å². The molecule has 2 aromatic rings. The molecule has 2 bridgehead atoms. The number of nitrogens with two attached hydrogens (primary N) is 1. The number of nitrogens with zero attached hydrogens (tertiary/aromatic N) is 2. The Balaban J connectivity index is 1.90. The van der Waals surface area contributed by atoms with Crippen LogP contribution in [0.3, 0.4) is 0 Å². The lowest BCUT2D eigenvalue weighted by atomic mass is 9.96. The highest BCUT2D eigenvalue weighted by Crippen LogP contribution is 2.51. The van der Waals surface area contributed by atoms with Crippen molar-refractivity contribution in [3.8, 4) is 0 Å². The first-order valence-electron chi connectivity index (χ1n) is 7.10. The number of rotatable bonds is 2. The van der Waals surface area contributed by atoms with Gasteiger partial charge in [0, 0.05) is 6.54 Å². The number of fused-ring (bicyclic) bond motifs is 3. The van der Waals surface area contributed by atoms with Crippen LogP contribution >= 0.6 is 0 Å². The van der Waals surface area contributed by atoms with Gasteiger partial charge in [-0.15, -0.1) is 0 Å². The van der Waals surface area contributed by atoms with Crippen LogP contribution in [0.2, 0.25) is 0 Å². The van der Waals surface area contributed by atoms with Crippen molar-refractivity contribution in [2.24, 2.45) is 11.7 Å². The smallest absolute Gasteiger partial charge is 0.250 e. The number of carbonyl (C=O) groups excluding carboxylic acids is 1. The number of hydrogen-bond donors (Lipinski definition) is 2. The molecular formula is C15H18N4O. The number of carbonyl (C=O) groups is 1. The maximum atomic E-state index is 11.5. The van der Waals surface area contributed by atoms with Crippen molar-refractivity contribution in [3.05, 3.63) is 29.6 Å². The molecule has 0 radical (unpaired) electrons. The summed E-state index contributed by atoms with van der Waals surface area (Å²) in [5.41, 5.74) is 7.56. The minimum absolute atomic E-state index is 0.0264. The summed E-state index contributed by atoms with van der Waals surface area (Å²) < 4.78 is 0. The van der Waals surface area contributed by atoms with Gasteiger partial charge in [0.2, 0.25) is 0 Å². The van der Waals surface area contributed by atoms with Crippen molar-refractivity contribution in [3.63, 3.8) is 0 Å². The number of hydrogen-bond acceptors (Lipinski definition) is 3. The predicted octanol–water partition coefficient (Wildman–Crippen LogP) is 1.60. The molecule has 5 heteroatoms. The molecule has 2 aliphatic rings. The van der Waals surface area contributed by atoms with Gasteiger partial charge >= 0.3 is 0 Å². The second-order valence-electron chi connectivity index (χ2n) is 6.17. The van der Waals surface area contributed by atoms with E-state index in [2.05, 4.69) is 16.9 Å². The average Bonchev–Trinajstić information content (AvgIpc) is 3.08. The Kier molecular flexibility index (Phi) is 2.27. The van der Waals surface area contributed by atoms with Gasteiger partial charge in [0.25, 0.3) is 5.91 Å². The fourth-order valence-electron chi connectivity index (χ4n) is 4.04. The first-order chi connectivity index (χ1) is 9.60. The third-order valence-corrected chi connectivity index (χ3v) is 5.07. The van der Waals surface area contributed by atoms with Crippen LogP contribution in [0.1, 0.15) is 35.4 Å². The summed E-state index contributed by atoms with van der Waals surface area (Å²) in [4.78, 5) is 22.1. The number of para-hydroxylation sites is 1. The molecule has 2 heterocycles. The number of piperidine rings is 1. The molecule has 0 unspecified atom stereocenters. The molecule has 1 aliphatic carbocycles. The molecular weight excluding hydrogens is 252 g/mol. The van der Waals surface area contributed by atoms with Crippen LogP contribution in [0.25, 0.3) is 11.0 Å². The van der Waals surface area contributed by atoms with Gasteiger partial charge in [-0.1, -0.05) is 6.07 Å². The zero-order chi connectivity index (χ0) is 13.9. The largest absolute Gasteiger partial charge is 0.366 e. The van der Waals surface area contributed by atoms with E-state index < -0.39 is 5.91 Å². The van der Waals surface area contributed by atoms with Crippen molar-refractivity contribution < 1.29 is 4.79 Å². The number of aromatic amines is 1. The summed E-state index contributed by atoms with van der Waals surface area (Å²) >= 11 is 0. The van der Waals surface area contributed by atoms with Crippen LogP contribution in [-0.2, 0) is 5.54 Å². The molecule has 1 aromatic carbocycles. The third-order valence-electron chi connectivity index (χ3n) is 5.07. The maximum Gasteiger partial charge on any atom is 0.250 e. The van der Waals surface area contributed by atoms with E-state index in [1.807, 2.05) is 12.1 Å². The van der Waals surface area contributed by atoms with Gasteiger partial charge in [0.05, 0.1) is 16.6 Å². The molecule has 1 amide bonds. The minimum atomic E-state index is -0.421. The molecule has 1 aliphatic heterocycles. The molecule has 0 spiro atoms. The average molecular weight is 270 g/mol. The topological polar surface area (TPSA) is 75.0 Å². The highest BCUT2D eigenvalue weighted by molar-refractivity contribution is 6.04. The van der Waals surface area contributed by atoms with E-state index >= 15 is 0 Å². The van der Waals surface area contributed by atoms with Gasteiger partial charge in [-0.05, 0) is 44.4 Å². The lowest BCUT2D eigenvalue weighted by Gasteiger charge is -2.34. The molecule has 1 saturated carbocycles. The maximum absolute atomic E-state index is 11.5. The van der Waals surface area contributed by atoms with E-state index in [0.717, 1.165) is 36.6 Å². The molecule has 4 rings (SSSR count). The summed E-state index contributed by atoms with van der Waals surface area (Å²) in [7, 11) is 2.17. The van der Waals surface area contributed by atoms with Crippen LogP contribution in [-0.4, -0.2) is 34.4 Å². The number of aromatic nitrogens is 2. The van der Waals surface area contributed by atoms with E-state index in [0.29, 0.717) is 11.1 Å². The standard InChI is InChI=1S/C15H18N4O/c1-19-8-9-5-6-15(19,7-9)14-17-11-4-2-3-10(13(16)20)12(11)18-14/h2-4,9H,5-8H2,1H3,(H2,16,20)(H,17,18)/t9-,15+/m1/s1. The fraction of sp³-hybridized carbons (Fsp3) is 0.467. The van der Waals surface area contributed by atoms with E-state index in [-0.39, 0.29) is 5.54 Å². The van der Waals surface area contributed by atoms with Crippen molar-refractivity contribution in [2.45, 2.75) is 24.8 Å². The Morgan fingerprint density at radius 1 is 1.55 bits per heavy atom. The predicted molar refractivity (Wildman–Crippen MR) is 76.3 cm³/mol. The van der Waals surface area contributed by atoms with E-state index in [1.165, 1.54) is 6.42 Å². The number of imidazole rings is 1. The molecule has 104 valence electrons. The number of H-pyrrole nitrogens is 1. The summed E-state index contributed by atoms with van der Waals surface area (Å²) in [6, 6.07) is 5.54. The molecule has 1 saturated heterocycles. The Labute approximate surface area is 117 Å². The van der Waals surface area contributed by atoms with E-state index in [4.69, 9.17) is 10.7 Å². The van der Waals surface area contributed by atoms with Gasteiger partial charge < -0.3 is 10.7 Å². The first kappa shape index (κ1) is 11.9. The number of likely N-dealkylation sites (tertiary alicyclic amines) is 1. The lowest BCUT2D eigenvalue weighted by Crippen LogP contribution is -2.40. The molecule has 3 N–H and O–H groups in total. The number of primary amides is 1. The zero-order valence-corrected chi connectivity index (χ0v) is 11.5. The van der Waals surface area contributed by atoms with Crippen molar-refractivity contribution in [2.75, 3.05) is 13.6 Å². The van der Waals surface area contributed by atoms with Crippen LogP contribution in [0, 0.1) is 5.92 Å². The van der Waals surface area contributed by atoms with Crippen molar-refractivity contribution >= 4 is 16.9 Å². The highest BCUT2D eigenvalue weighted by atomic mass is 16.1. The van der Waals surface area contributed by atoms with Crippen LogP contribution in [0.15, 0.2) is 18.2 Å². The van der Waals surface area contributed by atoms with E-state index in [1.54, 1.807) is 6.07 Å². The number of amides is 1. The molecule has 20 heavy (non-hydrogen) atoms. The molecule has 2 atom stereocenters. The number of benzene rings is 1. The normalized spacial score (nSPS) is 29.4. The summed E-state index contributed by atoms with van der Waals surface area (Å²) in [6.07, 6.45) is 3.57. The summed E-state index contributed by atoms with van der Waals surface area (Å²) in [6.45, 7) is 1.14. The second-order valence-corrected chi connectivity index (χ2v) is 6.17. The van der Waals surface area contributed by atoms with Crippen LogP contribution < -0.4 is 5.73 Å². The first-order valence-corrected chi connectivity index (χ1v) is 7.10. The summed E-state index contributed by atoms with van der Waals surface area (Å²) in [5, 5.41) is 0. The van der Waals surface area contributed by atoms with Crippen molar-refractivity contribution in [1.82, 2.24) is 14.9 Å². The zero-order valence-electron chi connectivity index (χ0n) is 11.5. The Morgan fingerprint density at radius 2 is 2.40 bits per heavy atom. The van der Waals surface area contributed by atoms with Gasteiger partial charge in [-0.2, -0.15) is 0 Å². The quantitative estimate of drug-likeness (QED) is 0.870. The number of nitrogens with one attached hydrogen (secondary N) is 1. The lowest BCUT2D eigenvalue weighted by molar-refractivity contribution is 0.100. The fourth-order valence-corrected chi connectivity index (χ4v) is 4.04. The molecule has 5 nitrogen and oxygen atoms in total. The van der Waals surface area contributed by atoms with E-state index in [9.17, 15) is 4.79 Å². The third kappa shape index (κ3) is 1.41. The second kappa shape index (κ2) is 3.82. The highest BCUT2D eigenvalue weighted by Gasteiger charge is 2.51. The van der Waals surface area contributed by atoms with Crippen LogP contribution in [0.5, 0.6) is 0 Å². The minimum Gasteiger partial charge on any atom is -0.366 e. The van der Waals surface area contributed by atoms with Crippen LogP contribution in [0.4, 0.5) is 0 Å². The Morgan fingerprint density at radius 3 is 3.05 bits per heavy atom. The summed E-state index contributed by atoms with van der Waals surface area (Å²) in [5.74, 6) is 1.35. The Hall–Kier alpha value is -1.88. The Bertz CT molecular complexity index is 707. The van der Waals surface area contributed by atoms with Gasteiger partial charge in [-0.25, -0.2) is 4.98 Å². The molecule has 2 fully saturated rings. The van der Waals surface area contributed by atoms with Gasteiger partial charge in [-0.3, -0.25) is 9.69 Å². The van der Waals surface area contributed by atoms with Gasteiger partial charge in [0.1, 0.15) is 11.3 Å². The SMILES string of the molecule is CN1C[C@@H]2CC[C@@]1(c1nc3c(C(N)=O)cccc3[nH]1)C2.